The van der Waals surface area contributed by atoms with Gasteiger partial charge in [-0.3, -0.25) is 0 Å². The number of carboxylic acids is 1. The third-order valence-electron chi connectivity index (χ3n) is 2.86. The van der Waals surface area contributed by atoms with E-state index in [4.69, 9.17) is 5.11 Å². The van der Waals surface area contributed by atoms with E-state index in [0.29, 0.717) is 23.3 Å². The molecule has 3 nitrogen and oxygen atoms in total. The number of carbonyl (C=O) groups is 1. The standard InChI is InChI=1S/C12H19NO2S/c1-8(2)9(3)6-13-7-10-4-5-16-11(10)12(14)15/h4-5,8-9,13H,6-7H2,1-3H3,(H,14,15). The fraction of sp³-hybridized carbons (Fsp3) is 0.583. The van der Waals surface area contributed by atoms with Gasteiger partial charge in [-0.05, 0) is 35.4 Å². The summed E-state index contributed by atoms with van der Waals surface area (Å²) in [6, 6.07) is 1.88. The van der Waals surface area contributed by atoms with E-state index in [-0.39, 0.29) is 0 Å². The number of hydrogen-bond acceptors (Lipinski definition) is 3. The van der Waals surface area contributed by atoms with Crippen molar-refractivity contribution in [2.24, 2.45) is 11.8 Å². The van der Waals surface area contributed by atoms with Crippen molar-refractivity contribution in [3.8, 4) is 0 Å². The third kappa shape index (κ3) is 3.61. The Bertz CT molecular complexity index is 347. The van der Waals surface area contributed by atoms with Gasteiger partial charge in [-0.15, -0.1) is 11.3 Å². The van der Waals surface area contributed by atoms with E-state index in [1.807, 2.05) is 11.4 Å². The lowest BCUT2D eigenvalue weighted by atomic mass is 9.98. The van der Waals surface area contributed by atoms with Crippen LogP contribution in [0.25, 0.3) is 0 Å². The van der Waals surface area contributed by atoms with Gasteiger partial charge in [0.05, 0.1) is 0 Å². The smallest absolute Gasteiger partial charge is 0.346 e. The van der Waals surface area contributed by atoms with Gasteiger partial charge in [0.25, 0.3) is 0 Å². The number of nitrogens with one attached hydrogen (secondary N) is 1. The summed E-state index contributed by atoms with van der Waals surface area (Å²) >= 11 is 1.28. The molecule has 1 unspecified atom stereocenters. The summed E-state index contributed by atoms with van der Waals surface area (Å²) in [7, 11) is 0. The topological polar surface area (TPSA) is 49.3 Å². The van der Waals surface area contributed by atoms with Gasteiger partial charge < -0.3 is 10.4 Å². The van der Waals surface area contributed by atoms with Crippen LogP contribution >= 0.6 is 11.3 Å². The van der Waals surface area contributed by atoms with Crippen molar-refractivity contribution >= 4 is 17.3 Å². The van der Waals surface area contributed by atoms with Crippen molar-refractivity contribution in [2.75, 3.05) is 6.54 Å². The first-order chi connectivity index (χ1) is 7.52. The summed E-state index contributed by atoms with van der Waals surface area (Å²) in [4.78, 5) is 11.3. The van der Waals surface area contributed by atoms with Crippen molar-refractivity contribution in [3.05, 3.63) is 21.9 Å². The number of rotatable bonds is 6. The molecule has 0 saturated carbocycles. The molecule has 0 amide bonds. The molecule has 0 radical (unpaired) electrons. The molecule has 0 spiro atoms. The molecule has 0 fully saturated rings. The van der Waals surface area contributed by atoms with E-state index in [0.717, 1.165) is 12.1 Å². The lowest BCUT2D eigenvalue weighted by Gasteiger charge is -2.15. The van der Waals surface area contributed by atoms with Crippen molar-refractivity contribution in [1.82, 2.24) is 5.32 Å². The number of hydrogen-bond donors (Lipinski definition) is 2. The van der Waals surface area contributed by atoms with Gasteiger partial charge >= 0.3 is 5.97 Å². The largest absolute Gasteiger partial charge is 0.477 e. The Morgan fingerprint density at radius 2 is 2.19 bits per heavy atom. The van der Waals surface area contributed by atoms with Gasteiger partial charge in [0, 0.05) is 6.54 Å². The molecule has 16 heavy (non-hydrogen) atoms. The fourth-order valence-corrected chi connectivity index (χ4v) is 2.09. The summed E-state index contributed by atoms with van der Waals surface area (Å²) < 4.78 is 0. The summed E-state index contributed by atoms with van der Waals surface area (Å²) in [6.07, 6.45) is 0. The van der Waals surface area contributed by atoms with Crippen LogP contribution in [0.15, 0.2) is 11.4 Å². The fourth-order valence-electron chi connectivity index (χ4n) is 1.33. The Labute approximate surface area is 100 Å². The quantitative estimate of drug-likeness (QED) is 0.805. The molecule has 1 atom stereocenters. The molecule has 90 valence electrons. The van der Waals surface area contributed by atoms with Gasteiger partial charge in [-0.2, -0.15) is 0 Å². The Kier molecular flexibility index (Phi) is 4.96. The summed E-state index contributed by atoms with van der Waals surface area (Å²) in [6.45, 7) is 8.15. The highest BCUT2D eigenvalue weighted by Gasteiger charge is 2.12. The molecule has 0 bridgehead atoms. The van der Waals surface area contributed by atoms with Crippen molar-refractivity contribution in [1.29, 1.82) is 0 Å². The van der Waals surface area contributed by atoms with Gasteiger partial charge in [0.1, 0.15) is 4.88 Å². The van der Waals surface area contributed by atoms with E-state index in [2.05, 4.69) is 26.1 Å². The highest BCUT2D eigenvalue weighted by Crippen LogP contribution is 2.16. The second-order valence-corrected chi connectivity index (χ2v) is 5.35. The van der Waals surface area contributed by atoms with E-state index in [9.17, 15) is 4.79 Å². The monoisotopic (exact) mass is 241 g/mol. The summed E-state index contributed by atoms with van der Waals surface area (Å²) in [5, 5.41) is 14.1. The van der Waals surface area contributed by atoms with Crippen LogP contribution in [0, 0.1) is 11.8 Å². The van der Waals surface area contributed by atoms with E-state index in [1.165, 1.54) is 11.3 Å². The summed E-state index contributed by atoms with van der Waals surface area (Å²) in [5.74, 6) is 0.421. The minimum atomic E-state index is -0.830. The Balaban J connectivity index is 2.43. The third-order valence-corrected chi connectivity index (χ3v) is 3.81. The molecule has 0 aliphatic rings. The first-order valence-electron chi connectivity index (χ1n) is 5.52. The Hall–Kier alpha value is -0.870. The zero-order chi connectivity index (χ0) is 12.1. The average molecular weight is 241 g/mol. The SMILES string of the molecule is CC(C)C(C)CNCc1ccsc1C(=O)O. The lowest BCUT2D eigenvalue weighted by molar-refractivity contribution is 0.0701. The van der Waals surface area contributed by atoms with Crippen LogP contribution in [0.5, 0.6) is 0 Å². The molecular weight excluding hydrogens is 222 g/mol. The minimum Gasteiger partial charge on any atom is -0.477 e. The van der Waals surface area contributed by atoms with Gasteiger partial charge in [-0.25, -0.2) is 4.79 Å². The molecule has 1 heterocycles. The van der Waals surface area contributed by atoms with Crippen molar-refractivity contribution in [2.45, 2.75) is 27.3 Å². The number of thiophene rings is 1. The normalized spacial score (nSPS) is 13.0. The highest BCUT2D eigenvalue weighted by atomic mass is 32.1. The Morgan fingerprint density at radius 1 is 1.50 bits per heavy atom. The lowest BCUT2D eigenvalue weighted by Crippen LogP contribution is -2.24. The van der Waals surface area contributed by atoms with E-state index < -0.39 is 5.97 Å². The molecule has 1 rings (SSSR count). The van der Waals surface area contributed by atoms with Gasteiger partial charge in [0.2, 0.25) is 0 Å². The van der Waals surface area contributed by atoms with Crippen LogP contribution in [0.2, 0.25) is 0 Å². The highest BCUT2D eigenvalue weighted by molar-refractivity contribution is 7.12. The molecule has 0 aliphatic carbocycles. The zero-order valence-corrected chi connectivity index (χ0v) is 10.8. The van der Waals surface area contributed by atoms with E-state index in [1.54, 1.807) is 0 Å². The van der Waals surface area contributed by atoms with Crippen molar-refractivity contribution < 1.29 is 9.90 Å². The van der Waals surface area contributed by atoms with Crippen LogP contribution < -0.4 is 5.32 Å². The van der Waals surface area contributed by atoms with Crippen LogP contribution in [0.1, 0.15) is 36.0 Å². The van der Waals surface area contributed by atoms with Crippen LogP contribution in [-0.4, -0.2) is 17.6 Å². The maximum absolute atomic E-state index is 10.9. The predicted octanol–water partition coefficient (Wildman–Crippen LogP) is 2.83. The Morgan fingerprint density at radius 3 is 2.75 bits per heavy atom. The molecule has 0 aliphatic heterocycles. The van der Waals surface area contributed by atoms with E-state index >= 15 is 0 Å². The molecule has 0 aromatic carbocycles. The first-order valence-corrected chi connectivity index (χ1v) is 6.40. The first kappa shape index (κ1) is 13.2. The molecular formula is C12H19NO2S. The van der Waals surface area contributed by atoms with Gasteiger partial charge in [0.15, 0.2) is 0 Å². The van der Waals surface area contributed by atoms with Gasteiger partial charge in [-0.1, -0.05) is 20.8 Å². The molecule has 2 N–H and O–H groups in total. The van der Waals surface area contributed by atoms with Crippen LogP contribution in [-0.2, 0) is 6.54 Å². The minimum absolute atomic E-state index is 0.449. The van der Waals surface area contributed by atoms with Crippen molar-refractivity contribution in [3.63, 3.8) is 0 Å². The number of aromatic carboxylic acids is 1. The van der Waals surface area contributed by atoms with Crippen LogP contribution in [0.3, 0.4) is 0 Å². The second-order valence-electron chi connectivity index (χ2n) is 4.43. The molecule has 1 aromatic rings. The predicted molar refractivity (Wildman–Crippen MR) is 67.0 cm³/mol. The zero-order valence-electron chi connectivity index (χ0n) is 9.99. The summed E-state index contributed by atoms with van der Waals surface area (Å²) in [5.41, 5.74) is 0.883. The second kappa shape index (κ2) is 6.01. The number of carboxylic acid groups (broad SMARTS) is 1. The molecule has 0 saturated heterocycles. The average Bonchev–Trinajstić information content (AvgIpc) is 2.65. The molecule has 1 aromatic heterocycles. The maximum atomic E-state index is 10.9. The van der Waals surface area contributed by atoms with Crippen LogP contribution in [0.4, 0.5) is 0 Å². The molecule has 4 heteroatoms. The maximum Gasteiger partial charge on any atom is 0.346 e.